The van der Waals surface area contributed by atoms with Crippen molar-refractivity contribution < 1.29 is 0 Å². The van der Waals surface area contributed by atoms with Gasteiger partial charge in [0.15, 0.2) is 0 Å². The van der Waals surface area contributed by atoms with Gasteiger partial charge in [0, 0.05) is 0 Å². The summed E-state index contributed by atoms with van der Waals surface area (Å²) in [5.41, 5.74) is 5.09. The zero-order valence-corrected chi connectivity index (χ0v) is 10.4. The smallest absolute Gasteiger partial charge is 0.101 e. The van der Waals surface area contributed by atoms with Crippen molar-refractivity contribution in [3.05, 3.63) is 0 Å². The van der Waals surface area contributed by atoms with Crippen LogP contribution in [-0.4, -0.2) is 17.0 Å². The molecule has 14 heavy (non-hydrogen) atoms. The summed E-state index contributed by atoms with van der Waals surface area (Å²) < 4.78 is 0. The van der Waals surface area contributed by atoms with E-state index in [0.717, 1.165) is 18.8 Å². The first-order valence-corrected chi connectivity index (χ1v) is 6.41. The van der Waals surface area contributed by atoms with Crippen LogP contribution in [-0.2, 0) is 0 Å². The van der Waals surface area contributed by atoms with E-state index in [4.69, 9.17) is 11.0 Å². The van der Waals surface area contributed by atoms with Crippen LogP contribution in [0.4, 0.5) is 0 Å². The third-order valence-electron chi connectivity index (χ3n) is 1.94. The molecule has 0 aromatic heterocycles. The zero-order chi connectivity index (χ0) is 11.0. The molecule has 0 spiro atoms. The van der Waals surface area contributed by atoms with Gasteiger partial charge in [-0.25, -0.2) is 0 Å². The lowest BCUT2D eigenvalue weighted by Crippen LogP contribution is -2.33. The standard InChI is InChI=1S/C11H22N2S/c1-10(2)8-14-7-5-4-6-11(3,13)9-12/h10H,4-8,13H2,1-3H3. The SMILES string of the molecule is CC(C)CSCCCCC(C)(N)C#N. The third-order valence-corrected chi connectivity index (χ3v) is 3.42. The molecule has 0 amide bonds. The van der Waals surface area contributed by atoms with E-state index in [0.29, 0.717) is 0 Å². The zero-order valence-electron chi connectivity index (χ0n) is 9.55. The van der Waals surface area contributed by atoms with Crippen LogP contribution in [0.15, 0.2) is 0 Å². The second kappa shape index (κ2) is 7.14. The van der Waals surface area contributed by atoms with Crippen LogP contribution < -0.4 is 5.73 Å². The first-order valence-electron chi connectivity index (χ1n) is 5.26. The molecule has 0 saturated carbocycles. The molecule has 0 aromatic carbocycles. The Kier molecular flexibility index (Phi) is 7.04. The fourth-order valence-electron chi connectivity index (χ4n) is 1.07. The number of unbranched alkanes of at least 4 members (excludes halogenated alkanes) is 1. The quantitative estimate of drug-likeness (QED) is 0.663. The highest BCUT2D eigenvalue weighted by atomic mass is 32.2. The lowest BCUT2D eigenvalue weighted by molar-refractivity contribution is 0.518. The van der Waals surface area contributed by atoms with Crippen molar-refractivity contribution in [3.63, 3.8) is 0 Å². The molecule has 1 unspecified atom stereocenters. The normalized spacial score (nSPS) is 15.1. The predicted octanol–water partition coefficient (Wildman–Crippen LogP) is 2.79. The van der Waals surface area contributed by atoms with E-state index in [1.54, 1.807) is 6.92 Å². The van der Waals surface area contributed by atoms with E-state index in [1.165, 1.54) is 17.9 Å². The first-order chi connectivity index (χ1) is 6.48. The summed E-state index contributed by atoms with van der Waals surface area (Å²) in [6.45, 7) is 6.27. The second-order valence-corrected chi connectivity index (χ2v) is 5.60. The molecule has 0 aliphatic heterocycles. The van der Waals surface area contributed by atoms with Gasteiger partial charge in [-0.1, -0.05) is 13.8 Å². The van der Waals surface area contributed by atoms with Gasteiger partial charge in [0.25, 0.3) is 0 Å². The summed E-state index contributed by atoms with van der Waals surface area (Å²) in [5.74, 6) is 3.21. The average molecular weight is 214 g/mol. The summed E-state index contributed by atoms with van der Waals surface area (Å²) in [7, 11) is 0. The minimum Gasteiger partial charge on any atom is -0.314 e. The van der Waals surface area contributed by atoms with Gasteiger partial charge in [-0.3, -0.25) is 0 Å². The van der Waals surface area contributed by atoms with E-state index in [9.17, 15) is 0 Å². The molecule has 0 bridgehead atoms. The van der Waals surface area contributed by atoms with Gasteiger partial charge in [0.05, 0.1) is 6.07 Å². The van der Waals surface area contributed by atoms with Crippen LogP contribution >= 0.6 is 11.8 Å². The van der Waals surface area contributed by atoms with Crippen LogP contribution in [0.2, 0.25) is 0 Å². The molecule has 82 valence electrons. The molecule has 0 saturated heterocycles. The number of nitrogens with two attached hydrogens (primary N) is 1. The Balaban J connectivity index is 3.27. The first kappa shape index (κ1) is 13.8. The molecule has 2 N–H and O–H groups in total. The highest BCUT2D eigenvalue weighted by Crippen LogP contribution is 2.14. The molecule has 0 fully saturated rings. The molecular weight excluding hydrogens is 192 g/mol. The molecule has 0 aliphatic rings. The Labute approximate surface area is 92.2 Å². The summed E-state index contributed by atoms with van der Waals surface area (Å²) in [6.07, 6.45) is 3.04. The van der Waals surface area contributed by atoms with Crippen molar-refractivity contribution >= 4 is 11.8 Å². The number of rotatable bonds is 7. The maximum Gasteiger partial charge on any atom is 0.101 e. The number of nitriles is 1. The van der Waals surface area contributed by atoms with Crippen LogP contribution in [0, 0.1) is 17.2 Å². The Bertz CT molecular complexity index is 182. The van der Waals surface area contributed by atoms with Crippen molar-refractivity contribution in [1.82, 2.24) is 0 Å². The second-order valence-electron chi connectivity index (χ2n) is 4.46. The fourth-order valence-corrected chi connectivity index (χ4v) is 2.12. The third kappa shape index (κ3) is 8.40. The summed E-state index contributed by atoms with van der Waals surface area (Å²) in [4.78, 5) is 0. The van der Waals surface area contributed by atoms with Gasteiger partial charge in [-0.05, 0) is 43.6 Å². The van der Waals surface area contributed by atoms with Crippen molar-refractivity contribution in [2.24, 2.45) is 11.7 Å². The molecular formula is C11H22N2S. The van der Waals surface area contributed by atoms with Gasteiger partial charge < -0.3 is 5.73 Å². The topological polar surface area (TPSA) is 49.8 Å². The maximum absolute atomic E-state index is 8.69. The van der Waals surface area contributed by atoms with Crippen LogP contribution in [0.1, 0.15) is 40.0 Å². The van der Waals surface area contributed by atoms with Gasteiger partial charge >= 0.3 is 0 Å². The minimum atomic E-state index is -0.622. The summed E-state index contributed by atoms with van der Waals surface area (Å²) in [5, 5.41) is 8.69. The van der Waals surface area contributed by atoms with Gasteiger partial charge in [0.1, 0.15) is 5.54 Å². The highest BCUT2D eigenvalue weighted by Gasteiger charge is 2.15. The molecule has 0 radical (unpaired) electrons. The monoisotopic (exact) mass is 214 g/mol. The van der Waals surface area contributed by atoms with E-state index in [1.807, 2.05) is 11.8 Å². The van der Waals surface area contributed by atoms with Crippen LogP contribution in [0.25, 0.3) is 0 Å². The Morgan fingerprint density at radius 2 is 2.07 bits per heavy atom. The van der Waals surface area contributed by atoms with Crippen LogP contribution in [0.3, 0.4) is 0 Å². The molecule has 0 heterocycles. The van der Waals surface area contributed by atoms with Crippen molar-refractivity contribution in [2.75, 3.05) is 11.5 Å². The molecule has 0 aliphatic carbocycles. The summed E-state index contributed by atoms with van der Waals surface area (Å²) in [6, 6.07) is 2.12. The van der Waals surface area contributed by atoms with E-state index in [-0.39, 0.29) is 0 Å². The van der Waals surface area contributed by atoms with Gasteiger partial charge in [-0.2, -0.15) is 17.0 Å². The Hall–Kier alpha value is -0.200. The molecule has 2 nitrogen and oxygen atoms in total. The van der Waals surface area contributed by atoms with Crippen molar-refractivity contribution in [2.45, 2.75) is 45.6 Å². The van der Waals surface area contributed by atoms with Gasteiger partial charge in [-0.15, -0.1) is 0 Å². The lowest BCUT2D eigenvalue weighted by atomic mass is 9.99. The molecule has 3 heteroatoms. The largest absolute Gasteiger partial charge is 0.314 e. The molecule has 0 rings (SSSR count). The van der Waals surface area contributed by atoms with E-state index >= 15 is 0 Å². The van der Waals surface area contributed by atoms with E-state index in [2.05, 4.69) is 19.9 Å². The number of hydrogen-bond donors (Lipinski definition) is 1. The van der Waals surface area contributed by atoms with Crippen molar-refractivity contribution in [3.8, 4) is 6.07 Å². The predicted molar refractivity (Wildman–Crippen MR) is 64.2 cm³/mol. The molecule has 1 atom stereocenters. The van der Waals surface area contributed by atoms with Gasteiger partial charge in [0.2, 0.25) is 0 Å². The summed E-state index contributed by atoms with van der Waals surface area (Å²) >= 11 is 2.00. The number of thioether (sulfide) groups is 1. The lowest BCUT2D eigenvalue weighted by Gasteiger charge is -2.14. The Morgan fingerprint density at radius 3 is 2.57 bits per heavy atom. The highest BCUT2D eigenvalue weighted by molar-refractivity contribution is 7.99. The maximum atomic E-state index is 8.69. The molecule has 0 aromatic rings. The Morgan fingerprint density at radius 1 is 1.43 bits per heavy atom. The van der Waals surface area contributed by atoms with Crippen molar-refractivity contribution in [1.29, 1.82) is 5.26 Å². The minimum absolute atomic E-state index is 0.622. The van der Waals surface area contributed by atoms with E-state index < -0.39 is 5.54 Å². The average Bonchev–Trinajstić information content (AvgIpc) is 2.10. The fraction of sp³-hybridized carbons (Fsp3) is 0.909. The number of nitrogens with zero attached hydrogens (tertiary/aromatic N) is 1. The number of hydrogen-bond acceptors (Lipinski definition) is 3. The van der Waals surface area contributed by atoms with Crippen LogP contribution in [0.5, 0.6) is 0 Å².